The Kier molecular flexibility index (Phi) is 7.09. The number of hydrogen-bond acceptors (Lipinski definition) is 3. The van der Waals surface area contributed by atoms with E-state index < -0.39 is 0 Å². The Balaban J connectivity index is 0.00000261. The lowest BCUT2D eigenvalue weighted by atomic mass is 10.1. The minimum Gasteiger partial charge on any atom is -0.348 e. The van der Waals surface area contributed by atoms with Gasteiger partial charge in [0.1, 0.15) is 5.69 Å². The van der Waals surface area contributed by atoms with Crippen molar-refractivity contribution >= 4 is 29.9 Å². The summed E-state index contributed by atoms with van der Waals surface area (Å²) in [5.74, 6) is -0.130. The van der Waals surface area contributed by atoms with Crippen molar-refractivity contribution in [3.8, 4) is 11.3 Å². The molecule has 0 unspecified atom stereocenters. The highest BCUT2D eigenvalue weighted by molar-refractivity contribution is 6.33. The third-order valence-corrected chi connectivity index (χ3v) is 4.74. The molecule has 1 aromatic heterocycles. The number of rotatable bonds is 4. The van der Waals surface area contributed by atoms with Gasteiger partial charge >= 0.3 is 0 Å². The Hall–Kier alpha value is -1.82. The lowest BCUT2D eigenvalue weighted by molar-refractivity contribution is 0.0957. The Morgan fingerprint density at radius 3 is 2.70 bits per heavy atom. The zero-order valence-electron chi connectivity index (χ0n) is 15.9. The first-order valence-corrected chi connectivity index (χ1v) is 9.26. The van der Waals surface area contributed by atoms with Crippen molar-refractivity contribution in [2.45, 2.75) is 32.7 Å². The highest BCUT2D eigenvalue weighted by Gasteiger charge is 2.24. The predicted molar refractivity (Wildman–Crippen MR) is 113 cm³/mol. The fourth-order valence-electron chi connectivity index (χ4n) is 2.86. The van der Waals surface area contributed by atoms with Gasteiger partial charge in [0.2, 0.25) is 0 Å². The molecule has 0 spiro atoms. The van der Waals surface area contributed by atoms with Crippen LogP contribution in [0, 0.1) is 0 Å². The van der Waals surface area contributed by atoms with Gasteiger partial charge in [0.05, 0.1) is 16.1 Å². The van der Waals surface area contributed by atoms with E-state index >= 15 is 0 Å². The van der Waals surface area contributed by atoms with Crippen LogP contribution in [0.5, 0.6) is 0 Å². The standard InChI is InChI=1S/C20H25ClN4O.ClH/c1-20(2,3)25-13-16(18(24-25)15-6-4-5-7-17(15)21)19(26)23-12-14-8-10-22-11-9-14;/h4-8,13,22H,9-12H2,1-3H3,(H,23,26);1H. The van der Waals surface area contributed by atoms with Gasteiger partial charge in [-0.1, -0.05) is 41.4 Å². The molecule has 1 aliphatic rings. The van der Waals surface area contributed by atoms with E-state index in [1.165, 1.54) is 5.57 Å². The quantitative estimate of drug-likeness (QED) is 0.750. The van der Waals surface area contributed by atoms with Gasteiger partial charge in [-0.25, -0.2) is 0 Å². The number of carbonyl (C=O) groups excluding carboxylic acids is 1. The normalized spacial score (nSPS) is 14.3. The monoisotopic (exact) mass is 408 g/mol. The van der Waals surface area contributed by atoms with Crippen molar-refractivity contribution < 1.29 is 4.79 Å². The lowest BCUT2D eigenvalue weighted by Crippen LogP contribution is -2.29. The van der Waals surface area contributed by atoms with Gasteiger partial charge < -0.3 is 10.6 Å². The molecule has 0 radical (unpaired) electrons. The van der Waals surface area contributed by atoms with Gasteiger partial charge in [-0.15, -0.1) is 12.4 Å². The van der Waals surface area contributed by atoms with E-state index in [2.05, 4.69) is 42.6 Å². The van der Waals surface area contributed by atoms with Crippen LogP contribution in [-0.2, 0) is 5.54 Å². The summed E-state index contributed by atoms with van der Waals surface area (Å²) in [5.41, 5.74) is 2.94. The molecule has 27 heavy (non-hydrogen) atoms. The minimum atomic E-state index is -0.230. The largest absolute Gasteiger partial charge is 0.348 e. The second-order valence-electron chi connectivity index (χ2n) is 7.49. The van der Waals surface area contributed by atoms with Crippen molar-refractivity contribution in [2.75, 3.05) is 19.6 Å². The van der Waals surface area contributed by atoms with E-state index in [1.807, 2.05) is 35.1 Å². The maximum Gasteiger partial charge on any atom is 0.255 e. The maximum atomic E-state index is 12.9. The second kappa shape index (κ2) is 8.91. The number of carbonyl (C=O) groups is 1. The molecule has 1 aromatic carbocycles. The number of halogens is 2. The van der Waals surface area contributed by atoms with Crippen LogP contribution in [0.1, 0.15) is 37.6 Å². The molecule has 0 fully saturated rings. The summed E-state index contributed by atoms with van der Waals surface area (Å²) in [6.07, 6.45) is 4.90. The van der Waals surface area contributed by atoms with Crippen LogP contribution in [0.2, 0.25) is 5.02 Å². The fourth-order valence-corrected chi connectivity index (χ4v) is 3.08. The zero-order valence-corrected chi connectivity index (χ0v) is 17.5. The SMILES string of the molecule is CC(C)(C)n1cc(C(=O)NCC2=CCNCC2)c(-c2ccccc2Cl)n1.Cl. The molecule has 2 heterocycles. The smallest absolute Gasteiger partial charge is 0.255 e. The predicted octanol–water partition coefficient (Wildman–Crippen LogP) is 4.03. The van der Waals surface area contributed by atoms with Crippen molar-refractivity contribution in [1.82, 2.24) is 20.4 Å². The van der Waals surface area contributed by atoms with Crippen molar-refractivity contribution in [1.29, 1.82) is 0 Å². The van der Waals surface area contributed by atoms with Crippen molar-refractivity contribution in [3.05, 3.63) is 52.7 Å². The van der Waals surface area contributed by atoms with Crippen LogP contribution in [0.25, 0.3) is 11.3 Å². The molecular formula is C20H26Cl2N4O. The average Bonchev–Trinajstić information content (AvgIpc) is 3.06. The Bertz CT molecular complexity index is 837. The summed E-state index contributed by atoms with van der Waals surface area (Å²) in [5, 5.41) is 11.6. The summed E-state index contributed by atoms with van der Waals surface area (Å²) >= 11 is 6.36. The van der Waals surface area contributed by atoms with E-state index in [1.54, 1.807) is 0 Å². The fraction of sp³-hybridized carbons (Fsp3) is 0.400. The number of nitrogens with zero attached hydrogens (tertiary/aromatic N) is 2. The van der Waals surface area contributed by atoms with Gasteiger partial charge in [0.25, 0.3) is 5.91 Å². The minimum absolute atomic E-state index is 0. The highest BCUT2D eigenvalue weighted by Crippen LogP contribution is 2.30. The highest BCUT2D eigenvalue weighted by atomic mass is 35.5. The average molecular weight is 409 g/mol. The van der Waals surface area contributed by atoms with E-state index in [0.29, 0.717) is 22.8 Å². The van der Waals surface area contributed by atoms with E-state index in [0.717, 1.165) is 25.1 Å². The number of aromatic nitrogens is 2. The third kappa shape index (κ3) is 5.12. The maximum absolute atomic E-state index is 12.9. The Labute approximate surface area is 171 Å². The molecular weight excluding hydrogens is 383 g/mol. The molecule has 0 aliphatic carbocycles. The van der Waals surface area contributed by atoms with Crippen LogP contribution in [0.3, 0.4) is 0 Å². The first-order valence-electron chi connectivity index (χ1n) is 8.88. The van der Waals surface area contributed by atoms with E-state index in [9.17, 15) is 4.79 Å². The summed E-state index contributed by atoms with van der Waals surface area (Å²) in [6.45, 7) is 8.53. The molecule has 0 atom stereocenters. The molecule has 3 rings (SSSR count). The summed E-state index contributed by atoms with van der Waals surface area (Å²) in [7, 11) is 0. The van der Waals surface area contributed by atoms with Crippen molar-refractivity contribution in [2.24, 2.45) is 0 Å². The van der Waals surface area contributed by atoms with Crippen LogP contribution in [-0.4, -0.2) is 35.3 Å². The number of amides is 1. The molecule has 0 saturated heterocycles. The summed E-state index contributed by atoms with van der Waals surface area (Å²) < 4.78 is 1.82. The molecule has 146 valence electrons. The van der Waals surface area contributed by atoms with Crippen LogP contribution in [0.15, 0.2) is 42.1 Å². The van der Waals surface area contributed by atoms with Crippen molar-refractivity contribution in [3.63, 3.8) is 0 Å². The van der Waals surface area contributed by atoms with Gasteiger partial charge in [-0.2, -0.15) is 5.10 Å². The van der Waals surface area contributed by atoms with E-state index in [-0.39, 0.29) is 23.9 Å². The molecule has 7 heteroatoms. The van der Waals surface area contributed by atoms with Gasteiger partial charge in [-0.3, -0.25) is 9.48 Å². The number of benzene rings is 1. The first-order chi connectivity index (χ1) is 12.4. The lowest BCUT2D eigenvalue weighted by Gasteiger charge is -2.18. The summed E-state index contributed by atoms with van der Waals surface area (Å²) in [6, 6.07) is 7.48. The topological polar surface area (TPSA) is 59.0 Å². The Morgan fingerprint density at radius 2 is 2.07 bits per heavy atom. The number of hydrogen-bond donors (Lipinski definition) is 2. The van der Waals surface area contributed by atoms with Gasteiger partial charge in [0.15, 0.2) is 0 Å². The molecule has 2 N–H and O–H groups in total. The van der Waals surface area contributed by atoms with Crippen LogP contribution >= 0.6 is 24.0 Å². The second-order valence-corrected chi connectivity index (χ2v) is 7.89. The van der Waals surface area contributed by atoms with Crippen LogP contribution in [0.4, 0.5) is 0 Å². The molecule has 0 saturated carbocycles. The number of nitrogens with one attached hydrogen (secondary N) is 2. The molecule has 2 aromatic rings. The third-order valence-electron chi connectivity index (χ3n) is 4.41. The molecule has 1 aliphatic heterocycles. The Morgan fingerprint density at radius 1 is 1.33 bits per heavy atom. The summed E-state index contributed by atoms with van der Waals surface area (Å²) in [4.78, 5) is 12.9. The first kappa shape index (κ1) is 21.5. The van der Waals surface area contributed by atoms with Gasteiger partial charge in [-0.05, 0) is 39.8 Å². The molecule has 5 nitrogen and oxygen atoms in total. The van der Waals surface area contributed by atoms with Gasteiger partial charge in [0, 0.05) is 24.8 Å². The van der Waals surface area contributed by atoms with Crippen LogP contribution < -0.4 is 10.6 Å². The molecule has 0 bridgehead atoms. The molecule has 1 amide bonds. The zero-order chi connectivity index (χ0) is 18.7. The van der Waals surface area contributed by atoms with E-state index in [4.69, 9.17) is 11.6 Å².